The third-order valence-electron chi connectivity index (χ3n) is 10.0. The van der Waals surface area contributed by atoms with E-state index in [0.717, 1.165) is 5.57 Å². The van der Waals surface area contributed by atoms with Crippen LogP contribution >= 0.6 is 0 Å². The van der Waals surface area contributed by atoms with Crippen LogP contribution in [-0.4, -0.2) is 118 Å². The Kier molecular flexibility index (Phi) is 17.7. The second-order valence-corrected chi connectivity index (χ2v) is 15.4. The normalized spacial score (nSPS) is 28.3. The van der Waals surface area contributed by atoms with E-state index >= 15 is 0 Å². The molecule has 2 aliphatic rings. The van der Waals surface area contributed by atoms with Crippen molar-refractivity contribution in [1.29, 1.82) is 0 Å². The maximum Gasteiger partial charge on any atom is 0.325 e. The molecule has 8 atom stereocenters. The number of likely N-dealkylation sites (N-methyl/N-ethyl adjacent to an activating group) is 1. The largest absolute Gasteiger partial charge is 0.508 e. The molecule has 0 aromatic heterocycles. The fraction of sp³-hybridized carbons (Fsp3) is 0.585. The van der Waals surface area contributed by atoms with E-state index < -0.39 is 77.9 Å². The summed E-state index contributed by atoms with van der Waals surface area (Å²) in [6.45, 7) is 9.16. The molecule has 14 heteroatoms. The quantitative estimate of drug-likeness (QED) is 0.159. The molecule has 0 spiro atoms. The maximum atomic E-state index is 14.2. The van der Waals surface area contributed by atoms with Crippen LogP contribution in [0, 0.1) is 17.8 Å². The molecule has 55 heavy (non-hydrogen) atoms. The number of hydrazine groups is 1. The zero-order valence-electron chi connectivity index (χ0n) is 33.2. The number of hydrogen-bond donors (Lipinski definition) is 6. The monoisotopic (exact) mass is 767 g/mol. The lowest BCUT2D eigenvalue weighted by Crippen LogP contribution is -2.62. The highest BCUT2D eigenvalue weighted by Crippen LogP contribution is 2.24. The summed E-state index contributed by atoms with van der Waals surface area (Å²) >= 11 is 0. The fourth-order valence-electron chi connectivity index (χ4n) is 6.50. The number of amides is 3. The minimum atomic E-state index is -1.39. The number of cyclic esters (lactones) is 1. The zero-order chi connectivity index (χ0) is 40.8. The molecule has 2 bridgehead atoms. The van der Waals surface area contributed by atoms with Gasteiger partial charge in [-0.15, -0.1) is 0 Å². The lowest BCUT2D eigenvalue weighted by atomic mass is 9.84. The highest BCUT2D eigenvalue weighted by atomic mass is 16.5. The van der Waals surface area contributed by atoms with Gasteiger partial charge < -0.3 is 40.4 Å². The van der Waals surface area contributed by atoms with Crippen molar-refractivity contribution in [2.45, 2.75) is 110 Å². The number of nitrogens with zero attached hydrogens (tertiary/aromatic N) is 2. The molecule has 8 unspecified atom stereocenters. The number of rotatable bonds is 9. The number of carbonyl (C=O) groups is 5. The standard InChI is InChI=1S/C41H61N5O9/c1-25(2)36-39(52)42-33(24-29-13-11-14-30(48)23-29)40(53)46-21-12-15-32(44-46)41(54)55-35(26(3)20-22-45(6)7)17-10-8-9-16-34(49)28(5)37(50)31(38(51)43-36)19-18-27(4)47/h8-11,13-14,16,20,23,25,28,31-37,44,48-50H,12,15,17-19,21-22,24H2,1-7H3,(H,42,52)(H,43,51). The van der Waals surface area contributed by atoms with Crippen LogP contribution in [0.4, 0.5) is 0 Å². The van der Waals surface area contributed by atoms with E-state index in [9.17, 15) is 39.3 Å². The van der Waals surface area contributed by atoms with Crippen LogP contribution in [0.1, 0.15) is 72.3 Å². The molecule has 2 heterocycles. The van der Waals surface area contributed by atoms with Crippen LogP contribution < -0.4 is 16.1 Å². The van der Waals surface area contributed by atoms with Crippen molar-refractivity contribution in [3.05, 3.63) is 65.8 Å². The number of esters is 1. The lowest BCUT2D eigenvalue weighted by molar-refractivity contribution is -0.156. The number of hydrogen-bond acceptors (Lipinski definition) is 11. The molecule has 0 radical (unpaired) electrons. The number of ketones is 1. The van der Waals surface area contributed by atoms with Crippen molar-refractivity contribution in [3.8, 4) is 5.75 Å². The van der Waals surface area contributed by atoms with E-state index in [1.165, 1.54) is 30.1 Å². The number of Topliss-reactive ketones (excluding diaryl/α,β-unsaturated/α-hetero) is 1. The Balaban J connectivity index is 2.07. The van der Waals surface area contributed by atoms with E-state index in [0.29, 0.717) is 31.4 Å². The van der Waals surface area contributed by atoms with Crippen LogP contribution in [0.15, 0.2) is 60.2 Å². The molecule has 304 valence electrons. The van der Waals surface area contributed by atoms with Crippen molar-refractivity contribution in [2.75, 3.05) is 27.2 Å². The van der Waals surface area contributed by atoms with Crippen LogP contribution in [0.2, 0.25) is 0 Å². The molecule has 1 saturated heterocycles. The molecule has 6 N–H and O–H groups in total. The number of aliphatic hydroxyl groups excluding tert-OH is 2. The molecule has 3 amide bonds. The summed E-state index contributed by atoms with van der Waals surface area (Å²) in [5.74, 6) is -5.07. The minimum absolute atomic E-state index is 0.00640. The van der Waals surface area contributed by atoms with Crippen LogP contribution in [-0.2, 0) is 35.1 Å². The third-order valence-corrected chi connectivity index (χ3v) is 10.0. The van der Waals surface area contributed by atoms with E-state index in [1.807, 2.05) is 32.0 Å². The van der Waals surface area contributed by atoms with Gasteiger partial charge in [-0.1, -0.05) is 63.3 Å². The van der Waals surface area contributed by atoms with Crippen molar-refractivity contribution >= 4 is 29.5 Å². The molecule has 1 aromatic rings. The minimum Gasteiger partial charge on any atom is -0.508 e. The van der Waals surface area contributed by atoms with Gasteiger partial charge in [0, 0.05) is 38.3 Å². The number of aromatic hydroxyl groups is 1. The Morgan fingerprint density at radius 2 is 1.80 bits per heavy atom. The topological polar surface area (TPSA) is 198 Å². The van der Waals surface area contributed by atoms with Crippen LogP contribution in [0.5, 0.6) is 5.75 Å². The summed E-state index contributed by atoms with van der Waals surface area (Å²) in [5.41, 5.74) is 4.41. The number of phenols is 1. The average molecular weight is 768 g/mol. The number of aliphatic hydroxyl groups is 2. The number of carbonyl (C=O) groups excluding carboxylic acids is 5. The molecule has 3 rings (SSSR count). The SMILES string of the molecule is CC(=O)CCC1C(=O)NC(C(C)C)C(=O)NC(Cc2cccc(O)c2)C(=O)N2CCCC(N2)C(=O)OC(C(C)=CCN(C)C)CC=CC=CC(O)C(C)C1O. The first-order chi connectivity index (χ1) is 26.0. The number of nitrogens with one attached hydrogen (secondary N) is 3. The van der Waals surface area contributed by atoms with Gasteiger partial charge >= 0.3 is 5.97 Å². The van der Waals surface area contributed by atoms with Gasteiger partial charge in [0.2, 0.25) is 11.8 Å². The highest BCUT2D eigenvalue weighted by molar-refractivity contribution is 5.93. The smallest absolute Gasteiger partial charge is 0.325 e. The van der Waals surface area contributed by atoms with Crippen molar-refractivity contribution in [3.63, 3.8) is 0 Å². The zero-order valence-corrected chi connectivity index (χ0v) is 33.2. The average Bonchev–Trinajstić information content (AvgIpc) is 3.13. The Morgan fingerprint density at radius 3 is 2.45 bits per heavy atom. The van der Waals surface area contributed by atoms with E-state index in [4.69, 9.17) is 4.74 Å². The first-order valence-corrected chi connectivity index (χ1v) is 19.1. The summed E-state index contributed by atoms with van der Waals surface area (Å²) < 4.78 is 6.04. The van der Waals surface area contributed by atoms with E-state index in [2.05, 4.69) is 16.1 Å². The Morgan fingerprint density at radius 1 is 1.07 bits per heavy atom. The maximum absolute atomic E-state index is 14.2. The summed E-state index contributed by atoms with van der Waals surface area (Å²) in [6.07, 6.45) is 6.55. The number of ether oxygens (including phenoxy) is 1. The van der Waals surface area contributed by atoms with Crippen molar-refractivity contribution < 1.29 is 44.0 Å². The van der Waals surface area contributed by atoms with Crippen LogP contribution in [0.3, 0.4) is 0 Å². The van der Waals surface area contributed by atoms with E-state index in [1.54, 1.807) is 51.1 Å². The van der Waals surface area contributed by atoms with Gasteiger partial charge in [-0.2, -0.15) is 0 Å². The summed E-state index contributed by atoms with van der Waals surface area (Å²) in [6, 6.07) is 3.12. The van der Waals surface area contributed by atoms with Gasteiger partial charge in [-0.05, 0) is 76.4 Å². The molecular formula is C41H61N5O9. The molecule has 0 aliphatic carbocycles. The first-order valence-electron chi connectivity index (χ1n) is 19.1. The summed E-state index contributed by atoms with van der Waals surface area (Å²) in [5, 5.41) is 39.5. The number of fused-ring (bicyclic) bond motifs is 2. The highest BCUT2D eigenvalue weighted by Gasteiger charge is 2.38. The first kappa shape index (κ1) is 45.0. The van der Waals surface area contributed by atoms with Gasteiger partial charge in [-0.3, -0.25) is 24.2 Å². The predicted octanol–water partition coefficient (Wildman–Crippen LogP) is 2.34. The van der Waals surface area contributed by atoms with Gasteiger partial charge in [-0.25, -0.2) is 5.43 Å². The Hall–Kier alpha value is -4.37. The Labute approximate surface area is 325 Å². The third kappa shape index (κ3) is 14.0. The molecule has 1 aromatic carbocycles. The second kappa shape index (κ2) is 21.6. The molecule has 1 fully saturated rings. The van der Waals surface area contributed by atoms with Gasteiger partial charge in [0.1, 0.15) is 35.8 Å². The summed E-state index contributed by atoms with van der Waals surface area (Å²) in [7, 11) is 3.85. The van der Waals surface area contributed by atoms with Gasteiger partial charge in [0.15, 0.2) is 0 Å². The predicted molar refractivity (Wildman–Crippen MR) is 208 cm³/mol. The van der Waals surface area contributed by atoms with Crippen molar-refractivity contribution in [1.82, 2.24) is 26.0 Å². The molecular weight excluding hydrogens is 706 g/mol. The number of phenolic OH excluding ortho intramolecular Hbond substituents is 1. The lowest BCUT2D eigenvalue weighted by Gasteiger charge is -2.36. The van der Waals surface area contributed by atoms with E-state index in [-0.39, 0.29) is 37.3 Å². The second-order valence-electron chi connectivity index (χ2n) is 15.4. The van der Waals surface area contributed by atoms with Crippen molar-refractivity contribution in [2.24, 2.45) is 17.8 Å². The summed E-state index contributed by atoms with van der Waals surface area (Å²) in [4.78, 5) is 69.8. The van der Waals surface area contributed by atoms with Crippen LogP contribution in [0.25, 0.3) is 0 Å². The molecule has 0 saturated carbocycles. The van der Waals surface area contributed by atoms with Gasteiger partial charge in [0.25, 0.3) is 5.91 Å². The number of benzene rings is 1. The van der Waals surface area contributed by atoms with Gasteiger partial charge in [0.05, 0.1) is 18.1 Å². The molecule has 2 aliphatic heterocycles. The Bertz CT molecular complexity index is 1570. The molecule has 14 nitrogen and oxygen atoms in total. The number of allylic oxidation sites excluding steroid dienone is 2. The fourth-order valence-corrected chi connectivity index (χ4v) is 6.50.